The van der Waals surface area contributed by atoms with Crippen LogP contribution in [0.2, 0.25) is 0 Å². The number of anilines is 1. The van der Waals surface area contributed by atoms with Crippen molar-refractivity contribution >= 4 is 17.6 Å². The lowest BCUT2D eigenvalue weighted by molar-refractivity contribution is 0.0467. The molecule has 4 N–H and O–H groups in total. The van der Waals surface area contributed by atoms with Gasteiger partial charge in [0.15, 0.2) is 0 Å². The molecule has 108 valence electrons. The van der Waals surface area contributed by atoms with Gasteiger partial charge < -0.3 is 16.2 Å². The number of carbonyl (C=O) groups is 2. The number of halogens is 1. The lowest BCUT2D eigenvalue weighted by Gasteiger charge is -2.07. The zero-order chi connectivity index (χ0) is 15.4. The maximum absolute atomic E-state index is 13.5. The van der Waals surface area contributed by atoms with Gasteiger partial charge in [0.1, 0.15) is 12.4 Å². The predicted octanol–water partition coefficient (Wildman–Crippen LogP) is 1.86. The molecule has 0 aliphatic carbocycles. The fourth-order valence-electron chi connectivity index (χ4n) is 1.69. The lowest BCUT2D eigenvalue weighted by atomic mass is 10.1. The Morgan fingerprint density at radius 1 is 1.10 bits per heavy atom. The van der Waals surface area contributed by atoms with Crippen LogP contribution in [0.5, 0.6) is 0 Å². The van der Waals surface area contributed by atoms with Crippen LogP contribution in [0.1, 0.15) is 26.3 Å². The van der Waals surface area contributed by atoms with E-state index < -0.39 is 17.7 Å². The highest BCUT2D eigenvalue weighted by Gasteiger charge is 2.13. The molecule has 0 fully saturated rings. The van der Waals surface area contributed by atoms with E-state index >= 15 is 0 Å². The number of esters is 1. The van der Waals surface area contributed by atoms with Crippen LogP contribution < -0.4 is 11.5 Å². The zero-order valence-corrected chi connectivity index (χ0v) is 11.0. The molecule has 2 aromatic rings. The summed E-state index contributed by atoms with van der Waals surface area (Å²) >= 11 is 0. The van der Waals surface area contributed by atoms with E-state index in [1.165, 1.54) is 24.3 Å². The van der Waals surface area contributed by atoms with Crippen molar-refractivity contribution in [3.63, 3.8) is 0 Å². The summed E-state index contributed by atoms with van der Waals surface area (Å²) in [6.07, 6.45) is 0. The Morgan fingerprint density at radius 3 is 2.38 bits per heavy atom. The van der Waals surface area contributed by atoms with Crippen molar-refractivity contribution in [3.8, 4) is 0 Å². The second-order valence-electron chi connectivity index (χ2n) is 4.38. The number of primary amides is 1. The van der Waals surface area contributed by atoms with Gasteiger partial charge in [-0.15, -0.1) is 0 Å². The maximum Gasteiger partial charge on any atom is 0.341 e. The molecule has 0 atom stereocenters. The molecule has 0 heterocycles. The Balaban J connectivity index is 2.04. The average molecular weight is 288 g/mol. The van der Waals surface area contributed by atoms with E-state index in [9.17, 15) is 14.0 Å². The minimum absolute atomic E-state index is 0.0495. The minimum Gasteiger partial charge on any atom is -0.457 e. The first-order chi connectivity index (χ1) is 9.97. The van der Waals surface area contributed by atoms with Crippen LogP contribution in [0.4, 0.5) is 10.1 Å². The molecule has 2 rings (SSSR count). The highest BCUT2D eigenvalue weighted by Crippen LogP contribution is 2.14. The van der Waals surface area contributed by atoms with E-state index in [-0.39, 0.29) is 17.9 Å². The summed E-state index contributed by atoms with van der Waals surface area (Å²) in [5.41, 5.74) is 11.7. The molecule has 1 amide bonds. The van der Waals surface area contributed by atoms with Crippen LogP contribution in [-0.4, -0.2) is 11.9 Å². The molecule has 0 saturated heterocycles. The van der Waals surface area contributed by atoms with Gasteiger partial charge >= 0.3 is 5.97 Å². The number of nitrogens with two attached hydrogens (primary N) is 2. The summed E-state index contributed by atoms with van der Waals surface area (Å²) in [5.74, 6) is -2.04. The van der Waals surface area contributed by atoms with Crippen LogP contribution in [0.15, 0.2) is 42.5 Å². The second kappa shape index (κ2) is 6.04. The minimum atomic E-state index is -0.807. The molecule has 21 heavy (non-hydrogen) atoms. The van der Waals surface area contributed by atoms with E-state index in [0.29, 0.717) is 11.1 Å². The lowest BCUT2D eigenvalue weighted by Crippen LogP contribution is -2.11. The van der Waals surface area contributed by atoms with Crippen molar-refractivity contribution in [3.05, 3.63) is 65.0 Å². The van der Waals surface area contributed by atoms with Gasteiger partial charge in [0.25, 0.3) is 0 Å². The first-order valence-corrected chi connectivity index (χ1v) is 6.08. The van der Waals surface area contributed by atoms with Gasteiger partial charge in [-0.3, -0.25) is 4.79 Å². The summed E-state index contributed by atoms with van der Waals surface area (Å²) in [5, 5.41) is 0. The Hall–Kier alpha value is -2.89. The van der Waals surface area contributed by atoms with Crippen LogP contribution in [-0.2, 0) is 11.3 Å². The molecular formula is C15H13FN2O3. The molecule has 0 saturated carbocycles. The smallest absolute Gasteiger partial charge is 0.341 e. The van der Waals surface area contributed by atoms with E-state index in [0.717, 1.165) is 6.07 Å². The molecule has 5 nitrogen and oxygen atoms in total. The van der Waals surface area contributed by atoms with Crippen molar-refractivity contribution in [2.45, 2.75) is 6.61 Å². The van der Waals surface area contributed by atoms with Crippen LogP contribution in [0.3, 0.4) is 0 Å². The fourth-order valence-corrected chi connectivity index (χ4v) is 1.69. The molecule has 0 radical (unpaired) electrons. The quantitative estimate of drug-likeness (QED) is 0.663. The van der Waals surface area contributed by atoms with E-state index in [1.807, 2.05) is 0 Å². The Labute approximate surface area is 120 Å². The van der Waals surface area contributed by atoms with Gasteiger partial charge in [-0.25, -0.2) is 9.18 Å². The largest absolute Gasteiger partial charge is 0.457 e. The summed E-state index contributed by atoms with van der Waals surface area (Å²) in [7, 11) is 0. The summed E-state index contributed by atoms with van der Waals surface area (Å²) < 4.78 is 18.5. The number of hydrogen-bond donors (Lipinski definition) is 2. The van der Waals surface area contributed by atoms with Gasteiger partial charge in [0.2, 0.25) is 5.91 Å². The molecule has 0 spiro atoms. The molecule has 2 aromatic carbocycles. The van der Waals surface area contributed by atoms with Gasteiger partial charge in [-0.1, -0.05) is 12.1 Å². The van der Waals surface area contributed by atoms with E-state index in [4.69, 9.17) is 16.2 Å². The van der Waals surface area contributed by atoms with Crippen molar-refractivity contribution in [1.82, 2.24) is 0 Å². The highest BCUT2D eigenvalue weighted by atomic mass is 19.1. The van der Waals surface area contributed by atoms with Crippen molar-refractivity contribution in [1.29, 1.82) is 0 Å². The van der Waals surface area contributed by atoms with Gasteiger partial charge in [0, 0.05) is 11.3 Å². The number of hydrogen-bond acceptors (Lipinski definition) is 4. The molecule has 0 unspecified atom stereocenters. The van der Waals surface area contributed by atoms with Crippen molar-refractivity contribution in [2.75, 3.05) is 5.73 Å². The number of amides is 1. The zero-order valence-electron chi connectivity index (χ0n) is 11.0. The van der Waals surface area contributed by atoms with Crippen LogP contribution >= 0.6 is 0 Å². The molecule has 6 heteroatoms. The fraction of sp³-hybridized carbons (Fsp3) is 0.0667. The summed E-state index contributed by atoms with van der Waals surface area (Å²) in [4.78, 5) is 22.7. The molecule has 0 aromatic heterocycles. The Morgan fingerprint density at radius 2 is 1.76 bits per heavy atom. The van der Waals surface area contributed by atoms with Gasteiger partial charge in [-0.05, 0) is 35.9 Å². The second-order valence-corrected chi connectivity index (χ2v) is 4.38. The van der Waals surface area contributed by atoms with E-state index in [1.54, 1.807) is 12.1 Å². The van der Waals surface area contributed by atoms with Gasteiger partial charge in [0.05, 0.1) is 5.56 Å². The average Bonchev–Trinajstić information content (AvgIpc) is 2.47. The van der Waals surface area contributed by atoms with Crippen molar-refractivity contribution < 1.29 is 18.7 Å². The Kier molecular flexibility index (Phi) is 4.18. The number of nitrogen functional groups attached to an aromatic ring is 1. The number of carbonyl (C=O) groups excluding carboxylic acids is 2. The normalized spacial score (nSPS) is 10.1. The molecule has 0 bridgehead atoms. The first-order valence-electron chi connectivity index (χ1n) is 6.08. The standard InChI is InChI=1S/C15H13FN2O3/c16-13-6-5-11(17)7-12(13)15(20)21-8-9-1-3-10(4-2-9)14(18)19/h1-7H,8,17H2,(H2,18,19). The summed E-state index contributed by atoms with van der Waals surface area (Å²) in [6.45, 7) is -0.0495. The van der Waals surface area contributed by atoms with E-state index in [2.05, 4.69) is 0 Å². The number of benzene rings is 2. The first kappa shape index (κ1) is 14.5. The third-order valence-corrected chi connectivity index (χ3v) is 2.82. The predicted molar refractivity (Wildman–Crippen MR) is 74.9 cm³/mol. The SMILES string of the molecule is NC(=O)c1ccc(COC(=O)c2cc(N)ccc2F)cc1. The van der Waals surface area contributed by atoms with Crippen molar-refractivity contribution in [2.24, 2.45) is 5.73 Å². The van der Waals surface area contributed by atoms with Crippen LogP contribution in [0, 0.1) is 5.82 Å². The Bertz CT molecular complexity index is 684. The number of ether oxygens (including phenoxy) is 1. The van der Waals surface area contributed by atoms with Gasteiger partial charge in [-0.2, -0.15) is 0 Å². The topological polar surface area (TPSA) is 95.4 Å². The third-order valence-electron chi connectivity index (χ3n) is 2.82. The molecule has 0 aliphatic rings. The highest BCUT2D eigenvalue weighted by molar-refractivity contribution is 5.92. The van der Waals surface area contributed by atoms with Crippen LogP contribution in [0.25, 0.3) is 0 Å². The maximum atomic E-state index is 13.5. The monoisotopic (exact) mass is 288 g/mol. The number of rotatable bonds is 4. The third kappa shape index (κ3) is 3.56. The molecule has 0 aliphatic heterocycles. The summed E-state index contributed by atoms with van der Waals surface area (Å²) in [6, 6.07) is 9.92. The molecular weight excluding hydrogens is 275 g/mol.